The van der Waals surface area contributed by atoms with E-state index in [9.17, 15) is 0 Å². The molecular formula is C13H22OSSi. The summed E-state index contributed by atoms with van der Waals surface area (Å²) in [5.74, 6) is 0.950. The van der Waals surface area contributed by atoms with Crippen molar-refractivity contribution in [1.29, 1.82) is 0 Å². The first-order chi connectivity index (χ1) is 7.88. The lowest BCUT2D eigenvalue weighted by Gasteiger charge is -2.25. The van der Waals surface area contributed by atoms with Gasteiger partial charge in [0.1, 0.15) is 9.52 Å². The molecule has 0 saturated heterocycles. The standard InChI is InChI=1S/C13H22OSSi/c1-14-12(16-13-8-5-9-15-13)10-11-6-3-2-4-7-11/h5,8-9,11-12H,2-4,6-7,10,16H2,1H3. The minimum absolute atomic E-state index is 0.204. The van der Waals surface area contributed by atoms with E-state index >= 15 is 0 Å². The molecule has 1 heterocycles. The van der Waals surface area contributed by atoms with Crippen LogP contribution >= 0.6 is 11.3 Å². The molecule has 1 atom stereocenters. The maximum Gasteiger partial charge on any atom is 0.101 e. The molecule has 0 spiro atoms. The number of methoxy groups -OCH3 is 1. The first kappa shape index (κ1) is 12.3. The van der Waals surface area contributed by atoms with Gasteiger partial charge in [-0.15, -0.1) is 0 Å². The third-order valence-electron chi connectivity index (χ3n) is 3.66. The van der Waals surface area contributed by atoms with Crippen LogP contribution in [0, 0.1) is 5.92 Å². The minimum Gasteiger partial charge on any atom is -0.385 e. The van der Waals surface area contributed by atoms with E-state index in [0.29, 0.717) is 5.73 Å². The fourth-order valence-corrected chi connectivity index (χ4v) is 5.96. The smallest absolute Gasteiger partial charge is 0.101 e. The van der Waals surface area contributed by atoms with Crippen molar-refractivity contribution in [2.24, 2.45) is 5.92 Å². The summed E-state index contributed by atoms with van der Waals surface area (Å²) in [6.45, 7) is 0. The van der Waals surface area contributed by atoms with Crippen molar-refractivity contribution in [2.75, 3.05) is 7.11 Å². The fraction of sp³-hybridized carbons (Fsp3) is 0.692. The highest BCUT2D eigenvalue weighted by molar-refractivity contribution is 7.19. The van der Waals surface area contributed by atoms with E-state index < -0.39 is 0 Å². The third-order valence-corrected chi connectivity index (χ3v) is 7.16. The van der Waals surface area contributed by atoms with Crippen LogP contribution in [-0.4, -0.2) is 22.4 Å². The summed E-state index contributed by atoms with van der Waals surface area (Å²) in [5.41, 5.74) is 0.571. The zero-order valence-electron chi connectivity index (χ0n) is 10.2. The molecule has 1 aromatic heterocycles. The van der Waals surface area contributed by atoms with E-state index in [0.717, 1.165) is 5.92 Å². The highest BCUT2D eigenvalue weighted by Crippen LogP contribution is 2.27. The van der Waals surface area contributed by atoms with Crippen molar-refractivity contribution in [3.05, 3.63) is 17.5 Å². The highest BCUT2D eigenvalue weighted by Gasteiger charge is 2.19. The highest BCUT2D eigenvalue weighted by atomic mass is 32.1. The van der Waals surface area contributed by atoms with Crippen LogP contribution in [0.15, 0.2) is 17.5 Å². The Kier molecular flexibility index (Phi) is 5.07. The van der Waals surface area contributed by atoms with Crippen LogP contribution in [-0.2, 0) is 4.74 Å². The second-order valence-electron chi connectivity index (χ2n) is 4.88. The lowest BCUT2D eigenvalue weighted by molar-refractivity contribution is 0.131. The van der Waals surface area contributed by atoms with Crippen LogP contribution in [0.25, 0.3) is 0 Å². The molecular weight excluding hydrogens is 232 g/mol. The molecule has 0 aromatic carbocycles. The molecule has 1 nitrogen and oxygen atoms in total. The quantitative estimate of drug-likeness (QED) is 0.734. The summed E-state index contributed by atoms with van der Waals surface area (Å²) in [6, 6.07) is 4.45. The number of rotatable bonds is 5. The lowest BCUT2D eigenvalue weighted by atomic mass is 9.87. The first-order valence-electron chi connectivity index (χ1n) is 6.43. The van der Waals surface area contributed by atoms with Crippen molar-refractivity contribution in [1.82, 2.24) is 0 Å². The number of hydrogen-bond donors (Lipinski definition) is 0. The van der Waals surface area contributed by atoms with Gasteiger partial charge in [0, 0.05) is 12.8 Å². The van der Waals surface area contributed by atoms with Crippen LogP contribution < -0.4 is 4.50 Å². The van der Waals surface area contributed by atoms with Gasteiger partial charge >= 0.3 is 0 Å². The van der Waals surface area contributed by atoms with Gasteiger partial charge < -0.3 is 4.74 Å². The molecule has 1 aliphatic rings. The zero-order chi connectivity index (χ0) is 11.2. The maximum atomic E-state index is 5.69. The van der Waals surface area contributed by atoms with E-state index in [2.05, 4.69) is 17.5 Å². The Hall–Kier alpha value is -0.123. The van der Waals surface area contributed by atoms with Gasteiger partial charge in [0.15, 0.2) is 0 Å². The second-order valence-corrected chi connectivity index (χ2v) is 8.51. The average Bonchev–Trinajstić information content (AvgIpc) is 2.82. The van der Waals surface area contributed by atoms with Crippen LogP contribution in [0.3, 0.4) is 0 Å². The van der Waals surface area contributed by atoms with E-state index in [1.54, 1.807) is 4.50 Å². The van der Waals surface area contributed by atoms with Crippen molar-refractivity contribution in [3.63, 3.8) is 0 Å². The van der Waals surface area contributed by atoms with E-state index in [4.69, 9.17) is 4.74 Å². The van der Waals surface area contributed by atoms with Crippen molar-refractivity contribution >= 4 is 25.4 Å². The predicted octanol–water partition coefficient (Wildman–Crippen LogP) is 2.49. The van der Waals surface area contributed by atoms with Gasteiger partial charge in [-0.25, -0.2) is 0 Å². The average molecular weight is 254 g/mol. The molecule has 0 bridgehead atoms. The molecule has 0 radical (unpaired) electrons. The summed E-state index contributed by atoms with van der Waals surface area (Å²) in [4.78, 5) is 0. The summed E-state index contributed by atoms with van der Waals surface area (Å²) in [6.07, 6.45) is 8.55. The molecule has 16 heavy (non-hydrogen) atoms. The van der Waals surface area contributed by atoms with Crippen LogP contribution in [0.4, 0.5) is 0 Å². The Bertz CT molecular complexity index is 280. The summed E-state index contributed by atoms with van der Waals surface area (Å²) in [5, 5.41) is 2.19. The number of hydrogen-bond acceptors (Lipinski definition) is 2. The Morgan fingerprint density at radius 1 is 1.44 bits per heavy atom. The molecule has 3 heteroatoms. The van der Waals surface area contributed by atoms with Gasteiger partial charge in [-0.1, -0.05) is 44.2 Å². The maximum absolute atomic E-state index is 5.69. The van der Waals surface area contributed by atoms with E-state index in [1.165, 1.54) is 38.5 Å². The summed E-state index contributed by atoms with van der Waals surface area (Å²) in [7, 11) is 1.69. The lowest BCUT2D eigenvalue weighted by Crippen LogP contribution is -2.30. The SMILES string of the molecule is COC(CC1CCCCC1)[SiH2]c1cccs1. The largest absolute Gasteiger partial charge is 0.385 e. The zero-order valence-corrected chi connectivity index (χ0v) is 12.4. The van der Waals surface area contributed by atoms with Gasteiger partial charge in [0.2, 0.25) is 0 Å². The third kappa shape index (κ3) is 3.72. The predicted molar refractivity (Wildman–Crippen MR) is 74.5 cm³/mol. The van der Waals surface area contributed by atoms with Crippen molar-refractivity contribution in [2.45, 2.75) is 44.3 Å². The van der Waals surface area contributed by atoms with Gasteiger partial charge in [-0.2, -0.15) is 11.3 Å². The van der Waals surface area contributed by atoms with Crippen LogP contribution in [0.1, 0.15) is 38.5 Å². The fourth-order valence-electron chi connectivity index (χ4n) is 2.71. The Labute approximate surface area is 105 Å². The Morgan fingerprint density at radius 3 is 2.88 bits per heavy atom. The normalized spacial score (nSPS) is 20.6. The Balaban J connectivity index is 1.80. The summed E-state index contributed by atoms with van der Waals surface area (Å²) >= 11 is 1.91. The number of thiophene rings is 1. The van der Waals surface area contributed by atoms with E-state index in [-0.39, 0.29) is 9.52 Å². The number of ether oxygens (including phenoxy) is 1. The van der Waals surface area contributed by atoms with Gasteiger partial charge in [0.05, 0.1) is 0 Å². The molecule has 90 valence electrons. The Morgan fingerprint density at radius 2 is 2.25 bits per heavy atom. The van der Waals surface area contributed by atoms with Crippen molar-refractivity contribution < 1.29 is 4.74 Å². The first-order valence-corrected chi connectivity index (χ1v) is 8.84. The molecule has 1 aliphatic carbocycles. The van der Waals surface area contributed by atoms with Gasteiger partial charge in [0.25, 0.3) is 0 Å². The molecule has 1 aromatic rings. The van der Waals surface area contributed by atoms with Crippen LogP contribution in [0.2, 0.25) is 0 Å². The summed E-state index contributed by atoms with van der Waals surface area (Å²) < 4.78 is 7.29. The van der Waals surface area contributed by atoms with Gasteiger partial charge in [-0.05, 0) is 22.2 Å². The molecule has 1 saturated carbocycles. The van der Waals surface area contributed by atoms with Crippen LogP contribution in [0.5, 0.6) is 0 Å². The molecule has 0 amide bonds. The topological polar surface area (TPSA) is 9.23 Å². The molecule has 0 N–H and O–H groups in total. The van der Waals surface area contributed by atoms with Crippen molar-refractivity contribution in [3.8, 4) is 0 Å². The molecule has 2 rings (SSSR count). The van der Waals surface area contributed by atoms with E-state index in [1.807, 2.05) is 18.4 Å². The molecule has 1 fully saturated rings. The molecule has 0 aliphatic heterocycles. The minimum atomic E-state index is -0.204. The van der Waals surface area contributed by atoms with Gasteiger partial charge in [-0.3, -0.25) is 0 Å². The second kappa shape index (κ2) is 6.57. The molecule has 1 unspecified atom stereocenters. The monoisotopic (exact) mass is 254 g/mol.